The summed E-state index contributed by atoms with van der Waals surface area (Å²) >= 11 is 0. The summed E-state index contributed by atoms with van der Waals surface area (Å²) in [5.74, 6) is 3.12. The van der Waals surface area contributed by atoms with Gasteiger partial charge in [0, 0.05) is 31.9 Å². The summed E-state index contributed by atoms with van der Waals surface area (Å²) in [5, 5.41) is 15.9. The molecule has 0 saturated carbocycles. The third-order valence-corrected chi connectivity index (χ3v) is 5.15. The number of hydrogen-bond acceptors (Lipinski definition) is 6. The predicted octanol–water partition coefficient (Wildman–Crippen LogP) is 2.19. The Labute approximate surface area is 184 Å². The van der Waals surface area contributed by atoms with Gasteiger partial charge in [0.1, 0.15) is 12.4 Å². The van der Waals surface area contributed by atoms with Gasteiger partial charge in [0.25, 0.3) is 0 Å². The molecule has 31 heavy (non-hydrogen) atoms. The maximum atomic E-state index is 8.95. The largest absolute Gasteiger partial charge is 0.493 e. The predicted molar refractivity (Wildman–Crippen MR) is 123 cm³/mol. The van der Waals surface area contributed by atoms with Gasteiger partial charge in [-0.25, -0.2) is 9.98 Å². The van der Waals surface area contributed by atoms with Gasteiger partial charge in [-0.2, -0.15) is 0 Å². The zero-order chi connectivity index (χ0) is 21.9. The minimum atomic E-state index is -0.0340. The van der Waals surface area contributed by atoms with E-state index in [0.29, 0.717) is 24.1 Å². The fourth-order valence-corrected chi connectivity index (χ4v) is 3.56. The van der Waals surface area contributed by atoms with Crippen LogP contribution < -0.4 is 25.0 Å². The number of hydrogen-bond donors (Lipinski definition) is 3. The van der Waals surface area contributed by atoms with Crippen molar-refractivity contribution in [3.8, 4) is 11.5 Å². The first-order valence-electron chi connectivity index (χ1n) is 10.8. The van der Waals surface area contributed by atoms with Crippen molar-refractivity contribution in [1.82, 2.24) is 15.6 Å². The van der Waals surface area contributed by atoms with Crippen molar-refractivity contribution in [2.45, 2.75) is 32.4 Å². The minimum Gasteiger partial charge on any atom is -0.493 e. The number of pyridine rings is 1. The monoisotopic (exact) mass is 427 g/mol. The fraction of sp³-hybridized carbons (Fsp3) is 0.478. The van der Waals surface area contributed by atoms with Crippen LogP contribution in [0.1, 0.15) is 25.3 Å². The molecule has 0 atom stereocenters. The SMILES string of the molecule is CCNC(=NCc1ccc(OCCO)c(OC)c1)NC1CCN(c2ccccn2)CC1. The number of aliphatic hydroxyl groups excluding tert-OH is 1. The molecule has 1 saturated heterocycles. The molecule has 1 aromatic carbocycles. The van der Waals surface area contributed by atoms with Crippen molar-refractivity contribution in [3.63, 3.8) is 0 Å². The number of ether oxygens (including phenoxy) is 2. The second kappa shape index (κ2) is 12.0. The summed E-state index contributed by atoms with van der Waals surface area (Å²) < 4.78 is 10.9. The molecule has 168 valence electrons. The van der Waals surface area contributed by atoms with Crippen molar-refractivity contribution in [2.24, 2.45) is 4.99 Å². The van der Waals surface area contributed by atoms with Gasteiger partial charge in [-0.1, -0.05) is 12.1 Å². The van der Waals surface area contributed by atoms with E-state index in [-0.39, 0.29) is 13.2 Å². The highest BCUT2D eigenvalue weighted by Gasteiger charge is 2.20. The summed E-state index contributed by atoms with van der Waals surface area (Å²) in [7, 11) is 1.61. The number of aliphatic imine (C=N–C) groups is 1. The molecule has 0 aliphatic carbocycles. The number of piperidine rings is 1. The van der Waals surface area contributed by atoms with E-state index in [1.54, 1.807) is 7.11 Å². The van der Waals surface area contributed by atoms with Gasteiger partial charge in [-0.15, -0.1) is 0 Å². The van der Waals surface area contributed by atoms with Crippen molar-refractivity contribution in [1.29, 1.82) is 0 Å². The van der Waals surface area contributed by atoms with Crippen LogP contribution in [0.5, 0.6) is 11.5 Å². The Kier molecular flexibility index (Phi) is 8.78. The van der Waals surface area contributed by atoms with Crippen molar-refractivity contribution >= 4 is 11.8 Å². The van der Waals surface area contributed by atoms with E-state index in [1.165, 1.54) is 0 Å². The molecular weight excluding hydrogens is 394 g/mol. The molecule has 1 aliphatic heterocycles. The third kappa shape index (κ3) is 6.75. The van der Waals surface area contributed by atoms with Crippen LogP contribution in [0.25, 0.3) is 0 Å². The van der Waals surface area contributed by atoms with Gasteiger partial charge in [0.2, 0.25) is 0 Å². The molecule has 8 nitrogen and oxygen atoms in total. The van der Waals surface area contributed by atoms with E-state index in [0.717, 1.165) is 49.8 Å². The molecular formula is C23H33N5O3. The number of methoxy groups -OCH3 is 1. The highest BCUT2D eigenvalue weighted by Crippen LogP contribution is 2.28. The number of nitrogens with one attached hydrogen (secondary N) is 2. The van der Waals surface area contributed by atoms with Crippen LogP contribution in [0.2, 0.25) is 0 Å². The first-order valence-corrected chi connectivity index (χ1v) is 10.8. The fourth-order valence-electron chi connectivity index (χ4n) is 3.56. The number of anilines is 1. The lowest BCUT2D eigenvalue weighted by atomic mass is 10.1. The van der Waals surface area contributed by atoms with Crippen LogP contribution in [-0.4, -0.2) is 62.0 Å². The standard InChI is InChI=1S/C23H33N5O3/c1-3-24-23(26-17-18-7-8-20(31-15-14-29)21(16-18)30-2)27-19-9-12-28(13-10-19)22-6-4-5-11-25-22/h4-8,11,16,19,29H,3,9-10,12-15,17H2,1-2H3,(H2,24,26,27). The van der Waals surface area contributed by atoms with Crippen LogP contribution >= 0.6 is 0 Å². The van der Waals surface area contributed by atoms with Gasteiger partial charge in [-0.05, 0) is 49.6 Å². The number of guanidine groups is 1. The Morgan fingerprint density at radius 3 is 2.74 bits per heavy atom. The molecule has 3 N–H and O–H groups in total. The van der Waals surface area contributed by atoms with Crippen molar-refractivity contribution < 1.29 is 14.6 Å². The van der Waals surface area contributed by atoms with Gasteiger partial charge in [0.15, 0.2) is 17.5 Å². The van der Waals surface area contributed by atoms with Gasteiger partial charge < -0.3 is 30.1 Å². The van der Waals surface area contributed by atoms with Crippen LogP contribution in [0.15, 0.2) is 47.6 Å². The van der Waals surface area contributed by atoms with E-state index in [1.807, 2.05) is 36.5 Å². The van der Waals surface area contributed by atoms with E-state index < -0.39 is 0 Å². The van der Waals surface area contributed by atoms with Gasteiger partial charge >= 0.3 is 0 Å². The first-order chi connectivity index (χ1) is 15.2. The lowest BCUT2D eigenvalue weighted by Gasteiger charge is -2.33. The zero-order valence-corrected chi connectivity index (χ0v) is 18.4. The number of aliphatic hydroxyl groups is 1. The molecule has 1 aliphatic rings. The first kappa shape index (κ1) is 22.7. The highest BCUT2D eigenvalue weighted by atomic mass is 16.5. The maximum absolute atomic E-state index is 8.95. The average molecular weight is 428 g/mol. The number of benzene rings is 1. The Morgan fingerprint density at radius 1 is 1.23 bits per heavy atom. The summed E-state index contributed by atoms with van der Waals surface area (Å²) in [6, 6.07) is 12.2. The molecule has 2 aromatic rings. The zero-order valence-electron chi connectivity index (χ0n) is 18.4. The molecule has 0 spiro atoms. The lowest BCUT2D eigenvalue weighted by Crippen LogP contribution is -2.48. The number of aromatic nitrogens is 1. The minimum absolute atomic E-state index is 0.0340. The topological polar surface area (TPSA) is 91.2 Å². The average Bonchev–Trinajstić information content (AvgIpc) is 2.82. The molecule has 8 heteroatoms. The quantitative estimate of drug-likeness (QED) is 0.417. The van der Waals surface area contributed by atoms with Crippen LogP contribution in [-0.2, 0) is 6.54 Å². The summed E-state index contributed by atoms with van der Waals surface area (Å²) in [6.45, 7) is 5.54. The second-order valence-electron chi connectivity index (χ2n) is 7.35. The molecule has 0 unspecified atom stereocenters. The van der Waals surface area contributed by atoms with E-state index in [9.17, 15) is 0 Å². The van der Waals surface area contributed by atoms with Crippen LogP contribution in [0, 0.1) is 0 Å². The maximum Gasteiger partial charge on any atom is 0.191 e. The normalized spacial score (nSPS) is 14.9. The molecule has 2 heterocycles. The van der Waals surface area contributed by atoms with Crippen LogP contribution in [0.4, 0.5) is 5.82 Å². The van der Waals surface area contributed by atoms with Gasteiger partial charge in [0.05, 0.1) is 20.3 Å². The lowest BCUT2D eigenvalue weighted by molar-refractivity contribution is 0.196. The van der Waals surface area contributed by atoms with Crippen LogP contribution in [0.3, 0.4) is 0 Å². The molecule has 0 bridgehead atoms. The number of nitrogens with zero attached hydrogens (tertiary/aromatic N) is 3. The van der Waals surface area contributed by atoms with E-state index in [2.05, 4.69) is 33.5 Å². The Morgan fingerprint density at radius 2 is 2.06 bits per heavy atom. The second-order valence-corrected chi connectivity index (χ2v) is 7.35. The Balaban J connectivity index is 1.57. The third-order valence-electron chi connectivity index (χ3n) is 5.15. The van der Waals surface area contributed by atoms with Crippen molar-refractivity contribution in [2.75, 3.05) is 44.9 Å². The van der Waals surface area contributed by atoms with Crippen molar-refractivity contribution in [3.05, 3.63) is 48.2 Å². The molecule has 3 rings (SSSR count). The summed E-state index contributed by atoms with van der Waals surface area (Å²) in [5.41, 5.74) is 1.02. The molecule has 0 radical (unpaired) electrons. The Bertz CT molecular complexity index is 823. The summed E-state index contributed by atoms with van der Waals surface area (Å²) in [4.78, 5) is 11.5. The van der Waals surface area contributed by atoms with Gasteiger partial charge in [-0.3, -0.25) is 0 Å². The molecule has 1 aromatic heterocycles. The Hall–Kier alpha value is -3.00. The summed E-state index contributed by atoms with van der Waals surface area (Å²) in [6.07, 6.45) is 3.91. The molecule has 1 fully saturated rings. The smallest absolute Gasteiger partial charge is 0.191 e. The van der Waals surface area contributed by atoms with E-state index >= 15 is 0 Å². The van der Waals surface area contributed by atoms with E-state index in [4.69, 9.17) is 19.6 Å². The number of rotatable bonds is 9. The molecule has 0 amide bonds. The highest BCUT2D eigenvalue weighted by molar-refractivity contribution is 5.80.